The molecule has 0 unspecified atom stereocenters. The van der Waals surface area contributed by atoms with Gasteiger partial charge in [0.1, 0.15) is 5.60 Å². The van der Waals surface area contributed by atoms with Crippen LogP contribution in [0.4, 0.5) is 0 Å². The Kier molecular flexibility index (Phi) is 7.37. The lowest BCUT2D eigenvalue weighted by Gasteiger charge is -2.12. The van der Waals surface area contributed by atoms with E-state index in [2.05, 4.69) is 25.1 Å². The fourth-order valence-corrected chi connectivity index (χ4v) is 4.55. The molecule has 29 heavy (non-hydrogen) atoms. The molecule has 0 aromatic heterocycles. The van der Waals surface area contributed by atoms with Crippen molar-refractivity contribution in [3.8, 4) is 0 Å². The van der Waals surface area contributed by atoms with E-state index in [0.29, 0.717) is 6.47 Å². The molecule has 3 rings (SSSR count). The highest BCUT2D eigenvalue weighted by atomic mass is 16.5. The van der Waals surface area contributed by atoms with Crippen LogP contribution in [0.1, 0.15) is 93.7 Å². The molecule has 0 atom stereocenters. The van der Waals surface area contributed by atoms with Crippen molar-refractivity contribution in [2.45, 2.75) is 102 Å². The van der Waals surface area contributed by atoms with Crippen molar-refractivity contribution in [1.29, 1.82) is 0 Å². The topological polar surface area (TPSA) is 63.6 Å². The Balaban J connectivity index is 1.32. The zero-order valence-corrected chi connectivity index (χ0v) is 17.9. The van der Waals surface area contributed by atoms with E-state index in [9.17, 15) is 14.7 Å². The van der Waals surface area contributed by atoms with E-state index in [1.165, 1.54) is 29.5 Å². The summed E-state index contributed by atoms with van der Waals surface area (Å²) in [6.07, 6.45) is 14.6. The average Bonchev–Trinajstić information content (AvgIpc) is 3.58. The number of benzene rings is 1. The van der Waals surface area contributed by atoms with E-state index in [-0.39, 0.29) is 11.0 Å². The van der Waals surface area contributed by atoms with Crippen LogP contribution in [0.3, 0.4) is 0 Å². The number of carboxylic acid groups (broad SMARTS) is 1. The second-order valence-electron chi connectivity index (χ2n) is 9.43. The van der Waals surface area contributed by atoms with Gasteiger partial charge in [-0.25, -0.2) is 0 Å². The molecule has 0 aliphatic heterocycles. The number of carbonyl (C=O) groups excluding carboxylic acids is 1. The third kappa shape index (κ3) is 6.58. The first-order valence-corrected chi connectivity index (χ1v) is 11.4. The number of ether oxygens (including phenoxy) is 1. The molecule has 0 saturated heterocycles. The first-order chi connectivity index (χ1) is 14.0. The number of unbranched alkanes of at least 4 members (excludes halogenated alkanes) is 4. The number of hydrogen-bond donors (Lipinski definition) is 1. The molecule has 0 bridgehead atoms. The molecular formula is C25H36O4. The Morgan fingerprint density at radius 3 is 2.00 bits per heavy atom. The quantitative estimate of drug-likeness (QED) is 0.300. The zero-order chi connectivity index (χ0) is 20.7. The molecule has 1 aromatic rings. The Morgan fingerprint density at radius 2 is 1.52 bits per heavy atom. The van der Waals surface area contributed by atoms with Gasteiger partial charge < -0.3 is 9.84 Å². The van der Waals surface area contributed by atoms with Crippen LogP contribution in [-0.4, -0.2) is 23.1 Å². The Labute approximate surface area is 175 Å². The highest BCUT2D eigenvalue weighted by Gasteiger charge is 2.49. The number of rotatable bonds is 15. The van der Waals surface area contributed by atoms with Crippen LogP contribution < -0.4 is 0 Å². The van der Waals surface area contributed by atoms with Gasteiger partial charge in [-0.15, -0.1) is 0 Å². The van der Waals surface area contributed by atoms with Crippen molar-refractivity contribution >= 4 is 12.4 Å². The number of carbonyl (C=O) groups is 2. The minimum atomic E-state index is -0.593. The van der Waals surface area contributed by atoms with Gasteiger partial charge in [-0.1, -0.05) is 43.0 Å². The summed E-state index contributed by atoms with van der Waals surface area (Å²) in [5.41, 5.74) is 3.69. The lowest BCUT2D eigenvalue weighted by atomic mass is 9.95. The van der Waals surface area contributed by atoms with Crippen molar-refractivity contribution in [2.24, 2.45) is 5.41 Å². The van der Waals surface area contributed by atoms with E-state index in [1.54, 1.807) is 0 Å². The van der Waals surface area contributed by atoms with Crippen LogP contribution >= 0.6 is 0 Å². The summed E-state index contributed by atoms with van der Waals surface area (Å²) in [5.74, 6) is -0.593. The fraction of sp³-hybridized carbons (Fsp3) is 0.680. The second-order valence-corrected chi connectivity index (χ2v) is 9.43. The first-order valence-electron chi connectivity index (χ1n) is 11.4. The minimum absolute atomic E-state index is 0.109. The molecule has 1 N–H and O–H groups in total. The predicted molar refractivity (Wildman–Crippen MR) is 114 cm³/mol. The maximum atomic E-state index is 11.2. The van der Waals surface area contributed by atoms with Gasteiger partial charge in [0.2, 0.25) is 0 Å². The molecule has 1 aromatic carbocycles. The number of carboxylic acids is 1. The maximum Gasteiger partial charge on any atom is 0.309 e. The molecule has 0 radical (unpaired) electrons. The Bertz CT molecular complexity index is 701. The summed E-state index contributed by atoms with van der Waals surface area (Å²) in [4.78, 5) is 21.8. The zero-order valence-electron chi connectivity index (χ0n) is 17.9. The Hall–Kier alpha value is -1.84. The number of aryl methyl sites for hydroxylation is 3. The molecule has 160 valence electrons. The molecule has 4 nitrogen and oxygen atoms in total. The molecule has 2 aliphatic rings. The second kappa shape index (κ2) is 9.77. The van der Waals surface area contributed by atoms with Crippen molar-refractivity contribution in [3.63, 3.8) is 0 Å². The molecule has 2 aliphatic carbocycles. The van der Waals surface area contributed by atoms with Gasteiger partial charge in [0.25, 0.3) is 6.47 Å². The van der Waals surface area contributed by atoms with Gasteiger partial charge in [-0.2, -0.15) is 0 Å². The summed E-state index contributed by atoms with van der Waals surface area (Å²) in [6.45, 7) is 2.78. The van der Waals surface area contributed by atoms with Gasteiger partial charge in [-0.3, -0.25) is 9.59 Å². The van der Waals surface area contributed by atoms with Crippen molar-refractivity contribution < 1.29 is 19.4 Å². The lowest BCUT2D eigenvalue weighted by Crippen LogP contribution is -2.14. The van der Waals surface area contributed by atoms with E-state index >= 15 is 0 Å². The highest BCUT2D eigenvalue weighted by molar-refractivity contribution is 5.77. The molecule has 4 heteroatoms. The third-order valence-electron chi connectivity index (χ3n) is 6.83. The summed E-state index contributed by atoms with van der Waals surface area (Å²) in [6, 6.07) is 6.94. The predicted octanol–water partition coefficient (Wildman–Crippen LogP) is 5.77. The van der Waals surface area contributed by atoms with Crippen LogP contribution in [0.15, 0.2) is 18.2 Å². The monoisotopic (exact) mass is 400 g/mol. The highest BCUT2D eigenvalue weighted by Crippen LogP contribution is 2.50. The summed E-state index contributed by atoms with van der Waals surface area (Å²) in [5, 5.41) is 9.25. The van der Waals surface area contributed by atoms with Crippen LogP contribution in [0, 0.1) is 12.3 Å². The summed E-state index contributed by atoms with van der Waals surface area (Å²) >= 11 is 0. The van der Waals surface area contributed by atoms with E-state index < -0.39 is 5.97 Å². The van der Waals surface area contributed by atoms with Crippen LogP contribution in [-0.2, 0) is 27.2 Å². The van der Waals surface area contributed by atoms with Crippen molar-refractivity contribution in [3.05, 3.63) is 34.9 Å². The van der Waals surface area contributed by atoms with Crippen LogP contribution in [0.5, 0.6) is 0 Å². The first kappa shape index (κ1) is 21.9. The maximum absolute atomic E-state index is 11.2. The third-order valence-corrected chi connectivity index (χ3v) is 6.83. The number of aliphatic carboxylic acids is 1. The SMILES string of the molecule is Cc1cc(CCCCCC2(OC=O)CC2)cc(CCCCCC2(C(=O)O)CC2)c1. The fourth-order valence-electron chi connectivity index (χ4n) is 4.55. The number of hydrogen-bond acceptors (Lipinski definition) is 3. The van der Waals surface area contributed by atoms with Crippen LogP contribution in [0.25, 0.3) is 0 Å². The average molecular weight is 401 g/mol. The Morgan fingerprint density at radius 1 is 0.931 bits per heavy atom. The van der Waals surface area contributed by atoms with Gasteiger partial charge in [0, 0.05) is 0 Å². The molecule has 0 spiro atoms. The van der Waals surface area contributed by atoms with Crippen molar-refractivity contribution in [2.75, 3.05) is 0 Å². The van der Waals surface area contributed by atoms with Gasteiger partial charge in [0.15, 0.2) is 0 Å². The van der Waals surface area contributed by atoms with E-state index in [4.69, 9.17) is 4.74 Å². The molecule has 2 saturated carbocycles. The largest absolute Gasteiger partial charge is 0.481 e. The van der Waals surface area contributed by atoms with Gasteiger partial charge in [0.05, 0.1) is 5.41 Å². The van der Waals surface area contributed by atoms with Gasteiger partial charge in [-0.05, 0) is 88.7 Å². The van der Waals surface area contributed by atoms with E-state index in [0.717, 1.165) is 77.0 Å². The summed E-state index contributed by atoms with van der Waals surface area (Å²) in [7, 11) is 0. The van der Waals surface area contributed by atoms with Crippen molar-refractivity contribution in [1.82, 2.24) is 0 Å². The summed E-state index contributed by atoms with van der Waals surface area (Å²) < 4.78 is 5.22. The minimum Gasteiger partial charge on any atom is -0.481 e. The van der Waals surface area contributed by atoms with E-state index in [1.807, 2.05) is 0 Å². The molecular weight excluding hydrogens is 364 g/mol. The standard InChI is InChI=1S/C25H36O4/c1-20-16-21(8-4-2-6-10-24(12-13-24)23(27)28)18-22(17-20)9-5-3-7-11-25(14-15-25)29-19-26/h16-19H,2-15H2,1H3,(H,27,28). The molecule has 0 amide bonds. The molecule has 2 fully saturated rings. The van der Waals surface area contributed by atoms with Gasteiger partial charge >= 0.3 is 5.97 Å². The molecule has 0 heterocycles. The lowest BCUT2D eigenvalue weighted by molar-refractivity contribution is -0.143. The van der Waals surface area contributed by atoms with Crippen LogP contribution in [0.2, 0.25) is 0 Å². The normalized spacial score (nSPS) is 18.2. The smallest absolute Gasteiger partial charge is 0.309 e.